The van der Waals surface area contributed by atoms with Crippen LogP contribution in [0.2, 0.25) is 0 Å². The predicted molar refractivity (Wildman–Crippen MR) is 60.8 cm³/mol. The first-order chi connectivity index (χ1) is 7.63. The third-order valence-corrected chi connectivity index (χ3v) is 3.71. The normalized spacial score (nSPS) is 26.5. The zero-order valence-corrected chi connectivity index (χ0v) is 10.2. The quantitative estimate of drug-likeness (QED) is 0.803. The summed E-state index contributed by atoms with van der Waals surface area (Å²) in [6.07, 6.45) is 1.15. The molecule has 90 valence electrons. The number of aryl methyl sites for hydroxylation is 1. The second-order valence-corrected chi connectivity index (χ2v) is 4.71. The van der Waals surface area contributed by atoms with Gasteiger partial charge in [-0.25, -0.2) is 0 Å². The van der Waals surface area contributed by atoms with Crippen LogP contribution in [0.1, 0.15) is 25.0 Å². The van der Waals surface area contributed by atoms with Crippen LogP contribution in [0.25, 0.3) is 0 Å². The minimum atomic E-state index is 0.234. The number of likely N-dealkylation sites (tertiary alicyclic amines) is 1. The van der Waals surface area contributed by atoms with Crippen molar-refractivity contribution in [2.45, 2.75) is 32.9 Å². The SMILES string of the molecule is Cc1nnc(CN2CCC(C)C2CO)n1C. The predicted octanol–water partition coefficient (Wildman–Crippen LogP) is 0.326. The van der Waals surface area contributed by atoms with Crippen LogP contribution in [0.4, 0.5) is 0 Å². The van der Waals surface area contributed by atoms with Crippen LogP contribution in [0.15, 0.2) is 0 Å². The summed E-state index contributed by atoms with van der Waals surface area (Å²) in [5, 5.41) is 17.6. The molecule has 2 unspecified atom stereocenters. The van der Waals surface area contributed by atoms with E-state index in [1.54, 1.807) is 0 Å². The molecule has 1 saturated heterocycles. The molecule has 16 heavy (non-hydrogen) atoms. The number of hydrogen-bond donors (Lipinski definition) is 1. The van der Waals surface area contributed by atoms with E-state index in [0.717, 1.165) is 31.2 Å². The Morgan fingerprint density at radius 3 is 2.75 bits per heavy atom. The van der Waals surface area contributed by atoms with Crippen molar-refractivity contribution in [3.63, 3.8) is 0 Å². The lowest BCUT2D eigenvalue weighted by Crippen LogP contribution is -2.35. The molecule has 0 spiro atoms. The molecule has 1 aliphatic heterocycles. The number of hydrogen-bond acceptors (Lipinski definition) is 4. The van der Waals surface area contributed by atoms with Crippen LogP contribution in [-0.2, 0) is 13.6 Å². The van der Waals surface area contributed by atoms with Gasteiger partial charge in [-0.3, -0.25) is 4.90 Å². The van der Waals surface area contributed by atoms with E-state index in [9.17, 15) is 5.11 Å². The van der Waals surface area contributed by atoms with Gasteiger partial charge < -0.3 is 9.67 Å². The van der Waals surface area contributed by atoms with Gasteiger partial charge in [-0.15, -0.1) is 10.2 Å². The van der Waals surface area contributed by atoms with E-state index in [0.29, 0.717) is 5.92 Å². The largest absolute Gasteiger partial charge is 0.395 e. The van der Waals surface area contributed by atoms with Gasteiger partial charge >= 0.3 is 0 Å². The molecule has 5 heteroatoms. The van der Waals surface area contributed by atoms with Crippen molar-refractivity contribution in [3.8, 4) is 0 Å². The molecule has 2 atom stereocenters. The van der Waals surface area contributed by atoms with Crippen molar-refractivity contribution < 1.29 is 5.11 Å². The lowest BCUT2D eigenvalue weighted by Gasteiger charge is -2.24. The van der Waals surface area contributed by atoms with E-state index in [1.165, 1.54) is 0 Å². The maximum Gasteiger partial charge on any atom is 0.146 e. The van der Waals surface area contributed by atoms with Gasteiger partial charge in [0.15, 0.2) is 0 Å². The molecule has 0 bridgehead atoms. The minimum Gasteiger partial charge on any atom is -0.395 e. The van der Waals surface area contributed by atoms with Gasteiger partial charge in [-0.05, 0) is 25.8 Å². The first-order valence-electron chi connectivity index (χ1n) is 5.83. The molecule has 1 fully saturated rings. The van der Waals surface area contributed by atoms with E-state index in [-0.39, 0.29) is 12.6 Å². The topological polar surface area (TPSA) is 54.2 Å². The van der Waals surface area contributed by atoms with Crippen LogP contribution in [-0.4, -0.2) is 44.0 Å². The van der Waals surface area contributed by atoms with Gasteiger partial charge in [0.25, 0.3) is 0 Å². The fourth-order valence-corrected chi connectivity index (χ4v) is 2.35. The van der Waals surface area contributed by atoms with Crippen LogP contribution in [0.5, 0.6) is 0 Å². The minimum absolute atomic E-state index is 0.234. The van der Waals surface area contributed by atoms with E-state index >= 15 is 0 Å². The Morgan fingerprint density at radius 1 is 1.44 bits per heavy atom. The average Bonchev–Trinajstić information content (AvgIpc) is 2.76. The average molecular weight is 224 g/mol. The number of nitrogens with zero attached hydrogens (tertiary/aromatic N) is 4. The second kappa shape index (κ2) is 4.51. The lowest BCUT2D eigenvalue weighted by molar-refractivity contribution is 0.131. The van der Waals surface area contributed by atoms with Gasteiger partial charge in [-0.2, -0.15) is 0 Å². The van der Waals surface area contributed by atoms with Crippen molar-refractivity contribution in [2.75, 3.05) is 13.2 Å². The van der Waals surface area contributed by atoms with Gasteiger partial charge in [0, 0.05) is 13.1 Å². The fourth-order valence-electron chi connectivity index (χ4n) is 2.35. The molecule has 1 aliphatic rings. The summed E-state index contributed by atoms with van der Waals surface area (Å²) in [5.41, 5.74) is 0. The van der Waals surface area contributed by atoms with Crippen molar-refractivity contribution in [1.82, 2.24) is 19.7 Å². The Bertz CT molecular complexity index is 363. The highest BCUT2D eigenvalue weighted by Gasteiger charge is 2.31. The molecule has 1 aromatic rings. The molecule has 0 amide bonds. The molecule has 0 aliphatic carbocycles. The molecule has 5 nitrogen and oxygen atoms in total. The number of rotatable bonds is 3. The van der Waals surface area contributed by atoms with Crippen molar-refractivity contribution >= 4 is 0 Å². The van der Waals surface area contributed by atoms with Crippen LogP contribution < -0.4 is 0 Å². The van der Waals surface area contributed by atoms with Crippen molar-refractivity contribution in [1.29, 1.82) is 0 Å². The van der Waals surface area contributed by atoms with E-state index in [2.05, 4.69) is 22.0 Å². The number of aromatic nitrogens is 3. The molecule has 0 radical (unpaired) electrons. The Kier molecular flexibility index (Phi) is 3.25. The van der Waals surface area contributed by atoms with Gasteiger partial charge in [0.05, 0.1) is 13.2 Å². The molecule has 0 aromatic carbocycles. The van der Waals surface area contributed by atoms with Crippen molar-refractivity contribution in [3.05, 3.63) is 11.6 Å². The number of aliphatic hydroxyl groups is 1. The summed E-state index contributed by atoms with van der Waals surface area (Å²) in [5.74, 6) is 2.48. The summed E-state index contributed by atoms with van der Waals surface area (Å²) in [6, 6.07) is 0.275. The highest BCUT2D eigenvalue weighted by Crippen LogP contribution is 2.24. The van der Waals surface area contributed by atoms with Gasteiger partial charge in [0.2, 0.25) is 0 Å². The molecular weight excluding hydrogens is 204 g/mol. The second-order valence-electron chi connectivity index (χ2n) is 4.71. The molecule has 2 heterocycles. The highest BCUT2D eigenvalue weighted by atomic mass is 16.3. The summed E-state index contributed by atoms with van der Waals surface area (Å²) in [4.78, 5) is 2.30. The lowest BCUT2D eigenvalue weighted by atomic mass is 10.0. The summed E-state index contributed by atoms with van der Waals surface area (Å²) >= 11 is 0. The molecule has 1 aromatic heterocycles. The fraction of sp³-hybridized carbons (Fsp3) is 0.818. The third-order valence-electron chi connectivity index (χ3n) is 3.71. The molecular formula is C11H20N4O. The molecule has 1 N–H and O–H groups in total. The molecule has 2 rings (SSSR count). The smallest absolute Gasteiger partial charge is 0.146 e. The van der Waals surface area contributed by atoms with E-state index < -0.39 is 0 Å². The summed E-state index contributed by atoms with van der Waals surface area (Å²) in [6.45, 7) is 6.21. The first kappa shape index (κ1) is 11.5. The third kappa shape index (κ3) is 1.97. The molecule has 0 saturated carbocycles. The van der Waals surface area contributed by atoms with Crippen LogP contribution >= 0.6 is 0 Å². The maximum absolute atomic E-state index is 9.37. The first-order valence-corrected chi connectivity index (χ1v) is 5.83. The Labute approximate surface area is 96.1 Å². The van der Waals surface area contributed by atoms with E-state index in [1.807, 2.05) is 18.5 Å². The van der Waals surface area contributed by atoms with Crippen LogP contribution in [0, 0.1) is 12.8 Å². The zero-order chi connectivity index (χ0) is 11.7. The van der Waals surface area contributed by atoms with Gasteiger partial charge in [-0.1, -0.05) is 6.92 Å². The monoisotopic (exact) mass is 224 g/mol. The summed E-state index contributed by atoms with van der Waals surface area (Å²) in [7, 11) is 1.98. The van der Waals surface area contributed by atoms with Crippen LogP contribution in [0.3, 0.4) is 0 Å². The van der Waals surface area contributed by atoms with Gasteiger partial charge in [0.1, 0.15) is 11.6 Å². The Hall–Kier alpha value is -0.940. The number of aliphatic hydroxyl groups excluding tert-OH is 1. The van der Waals surface area contributed by atoms with E-state index in [4.69, 9.17) is 0 Å². The summed E-state index contributed by atoms with van der Waals surface area (Å²) < 4.78 is 2.01. The maximum atomic E-state index is 9.37. The van der Waals surface area contributed by atoms with Crippen molar-refractivity contribution in [2.24, 2.45) is 13.0 Å². The highest BCUT2D eigenvalue weighted by molar-refractivity contribution is 4.95. The standard InChI is InChI=1S/C11H20N4O/c1-8-4-5-15(10(8)7-16)6-11-13-12-9(2)14(11)3/h8,10,16H,4-7H2,1-3H3. The zero-order valence-electron chi connectivity index (χ0n) is 10.2. The Morgan fingerprint density at radius 2 is 2.19 bits per heavy atom. The Balaban J connectivity index is 2.07.